The Bertz CT molecular complexity index is 632. The highest BCUT2D eigenvalue weighted by Gasteiger charge is 2.09. The zero-order valence-corrected chi connectivity index (χ0v) is 14.0. The number of ether oxygens (including phenoxy) is 1. The first-order valence-corrected chi connectivity index (χ1v) is 8.10. The van der Waals surface area contributed by atoms with E-state index in [1.54, 1.807) is 0 Å². The second-order valence-corrected chi connectivity index (χ2v) is 6.08. The molecule has 0 radical (unpaired) electrons. The molecule has 0 fully saturated rings. The summed E-state index contributed by atoms with van der Waals surface area (Å²) >= 11 is 4.89. The van der Waals surface area contributed by atoms with Crippen molar-refractivity contribution in [2.24, 2.45) is 0 Å². The van der Waals surface area contributed by atoms with Crippen LogP contribution in [0.25, 0.3) is 0 Å². The minimum absolute atomic E-state index is 0.151. The maximum Gasteiger partial charge on any atom is 0.337 e. The fourth-order valence-electron chi connectivity index (χ4n) is 1.58. The smallest absolute Gasteiger partial charge is 0.337 e. The quantitative estimate of drug-likeness (QED) is 0.763. The molecule has 0 unspecified atom stereocenters. The van der Waals surface area contributed by atoms with E-state index in [0.29, 0.717) is 12.4 Å². The number of hydrogen-bond donors (Lipinski definition) is 2. The van der Waals surface area contributed by atoms with Gasteiger partial charge in [-0.2, -0.15) is 4.98 Å². The number of aryl methyl sites for hydroxylation is 1. The Morgan fingerprint density at radius 3 is 3.05 bits per heavy atom. The van der Waals surface area contributed by atoms with E-state index >= 15 is 0 Å². The molecule has 2 rings (SSSR count). The normalized spacial score (nSPS) is 10.4. The van der Waals surface area contributed by atoms with E-state index < -0.39 is 0 Å². The zero-order chi connectivity index (χ0) is 15.2. The number of amides is 1. The van der Waals surface area contributed by atoms with Crippen LogP contribution in [0.2, 0.25) is 0 Å². The van der Waals surface area contributed by atoms with Gasteiger partial charge in [-0.1, -0.05) is 15.9 Å². The first-order chi connectivity index (χ1) is 10.1. The van der Waals surface area contributed by atoms with E-state index in [1.807, 2.05) is 32.0 Å². The summed E-state index contributed by atoms with van der Waals surface area (Å²) in [6.07, 6.45) is 0. The summed E-state index contributed by atoms with van der Waals surface area (Å²) in [6.45, 7) is 4.32. The Morgan fingerprint density at radius 2 is 2.33 bits per heavy atom. The van der Waals surface area contributed by atoms with Crippen LogP contribution in [0.4, 0.5) is 5.95 Å². The summed E-state index contributed by atoms with van der Waals surface area (Å²) in [4.78, 5) is 16.9. The lowest BCUT2D eigenvalue weighted by atomic mass is 10.2. The summed E-state index contributed by atoms with van der Waals surface area (Å²) in [6, 6.07) is 6.19. The van der Waals surface area contributed by atoms with Crippen LogP contribution in [-0.4, -0.2) is 33.4 Å². The average Bonchev–Trinajstić information content (AvgIpc) is 2.85. The highest BCUT2D eigenvalue weighted by molar-refractivity contribution is 9.10. The summed E-state index contributed by atoms with van der Waals surface area (Å²) in [7, 11) is 0. The molecule has 6 nitrogen and oxygen atoms in total. The van der Waals surface area contributed by atoms with Crippen molar-refractivity contribution in [1.29, 1.82) is 0 Å². The summed E-state index contributed by atoms with van der Waals surface area (Å²) < 4.78 is 6.14. The van der Waals surface area contributed by atoms with Crippen molar-refractivity contribution in [3.05, 3.63) is 28.2 Å². The molecule has 1 aromatic heterocycles. The highest BCUT2D eigenvalue weighted by atomic mass is 79.9. The van der Waals surface area contributed by atoms with Crippen molar-refractivity contribution in [2.75, 3.05) is 17.7 Å². The number of anilines is 1. The lowest BCUT2D eigenvalue weighted by Gasteiger charge is -2.05. The molecule has 1 heterocycles. The van der Waals surface area contributed by atoms with Crippen LogP contribution in [0.1, 0.15) is 12.5 Å². The third-order valence-electron chi connectivity index (χ3n) is 2.49. The molecule has 2 aromatic rings. The number of carbonyl (C=O) groups is 1. The SMILES string of the molecule is CCOc1n[nH]c(NC(=O)CSc2ccc(Br)cc2C)n1. The Hall–Kier alpha value is -1.54. The Kier molecular flexibility index (Phi) is 5.63. The second-order valence-electron chi connectivity index (χ2n) is 4.15. The number of carbonyl (C=O) groups excluding carboxylic acids is 1. The van der Waals surface area contributed by atoms with E-state index in [0.717, 1.165) is 14.9 Å². The van der Waals surface area contributed by atoms with Crippen LogP contribution in [-0.2, 0) is 4.79 Å². The predicted molar refractivity (Wildman–Crippen MR) is 85.8 cm³/mol. The molecule has 0 spiro atoms. The van der Waals surface area contributed by atoms with Crippen molar-refractivity contribution in [3.8, 4) is 6.01 Å². The van der Waals surface area contributed by atoms with Gasteiger partial charge >= 0.3 is 6.01 Å². The number of rotatable bonds is 6. The molecule has 0 atom stereocenters. The molecular weight excluding hydrogens is 356 g/mol. The third-order valence-corrected chi connectivity index (χ3v) is 4.16. The van der Waals surface area contributed by atoms with Crippen LogP contribution >= 0.6 is 27.7 Å². The van der Waals surface area contributed by atoms with Crippen molar-refractivity contribution >= 4 is 39.5 Å². The lowest BCUT2D eigenvalue weighted by Crippen LogP contribution is -2.15. The Labute approximate surface area is 135 Å². The average molecular weight is 371 g/mol. The van der Waals surface area contributed by atoms with E-state index in [9.17, 15) is 4.79 Å². The molecule has 0 aliphatic carbocycles. The van der Waals surface area contributed by atoms with Gasteiger partial charge in [0.2, 0.25) is 11.9 Å². The monoisotopic (exact) mass is 370 g/mol. The van der Waals surface area contributed by atoms with Crippen molar-refractivity contribution < 1.29 is 9.53 Å². The molecule has 0 saturated carbocycles. The molecule has 1 amide bonds. The van der Waals surface area contributed by atoms with Gasteiger partial charge in [-0.25, -0.2) is 5.10 Å². The number of nitrogens with zero attached hydrogens (tertiary/aromatic N) is 2. The molecule has 8 heteroatoms. The number of halogens is 1. The van der Waals surface area contributed by atoms with Crippen LogP contribution < -0.4 is 10.1 Å². The molecule has 2 N–H and O–H groups in total. The largest absolute Gasteiger partial charge is 0.463 e. The van der Waals surface area contributed by atoms with Crippen LogP contribution in [0.3, 0.4) is 0 Å². The fourth-order valence-corrected chi connectivity index (χ4v) is 2.87. The summed E-state index contributed by atoms with van der Waals surface area (Å²) in [5, 5.41) is 9.06. The van der Waals surface area contributed by atoms with Gasteiger partial charge in [0.15, 0.2) is 0 Å². The van der Waals surface area contributed by atoms with Crippen molar-refractivity contribution in [2.45, 2.75) is 18.7 Å². The zero-order valence-electron chi connectivity index (χ0n) is 11.6. The third kappa shape index (κ3) is 4.75. The van der Waals surface area contributed by atoms with Gasteiger partial charge in [-0.15, -0.1) is 16.9 Å². The Balaban J connectivity index is 1.86. The van der Waals surface area contributed by atoms with Gasteiger partial charge < -0.3 is 4.74 Å². The molecule has 112 valence electrons. The van der Waals surface area contributed by atoms with Crippen LogP contribution in [0.15, 0.2) is 27.6 Å². The second kappa shape index (κ2) is 7.46. The van der Waals surface area contributed by atoms with Gasteiger partial charge in [0.25, 0.3) is 0 Å². The van der Waals surface area contributed by atoms with Crippen LogP contribution in [0.5, 0.6) is 6.01 Å². The minimum Gasteiger partial charge on any atom is -0.463 e. The first kappa shape index (κ1) is 15.8. The van der Waals surface area contributed by atoms with Crippen molar-refractivity contribution in [1.82, 2.24) is 15.2 Å². The number of thioether (sulfide) groups is 1. The number of aromatic amines is 1. The standard InChI is InChI=1S/C13H15BrN4O2S/c1-3-20-13-16-12(17-18-13)15-11(19)7-21-10-5-4-9(14)6-8(10)2/h4-6H,3,7H2,1-2H3,(H2,15,16,17,18,19). The Morgan fingerprint density at radius 1 is 1.52 bits per heavy atom. The lowest BCUT2D eigenvalue weighted by molar-refractivity contribution is -0.113. The maximum atomic E-state index is 11.9. The van der Waals surface area contributed by atoms with Gasteiger partial charge in [0, 0.05) is 9.37 Å². The van der Waals surface area contributed by atoms with Crippen molar-refractivity contribution in [3.63, 3.8) is 0 Å². The molecule has 0 saturated heterocycles. The number of H-pyrrole nitrogens is 1. The highest BCUT2D eigenvalue weighted by Crippen LogP contribution is 2.25. The molecule has 0 aliphatic rings. The van der Waals surface area contributed by atoms with E-state index in [4.69, 9.17) is 4.74 Å². The van der Waals surface area contributed by atoms with Gasteiger partial charge in [0.1, 0.15) is 0 Å². The number of benzene rings is 1. The molecule has 1 aromatic carbocycles. The fraction of sp³-hybridized carbons (Fsp3) is 0.308. The summed E-state index contributed by atoms with van der Waals surface area (Å²) in [5.74, 6) is 0.436. The van der Waals surface area contributed by atoms with E-state index in [-0.39, 0.29) is 17.9 Å². The molecule has 0 aliphatic heterocycles. The van der Waals surface area contributed by atoms with E-state index in [2.05, 4.69) is 36.4 Å². The van der Waals surface area contributed by atoms with Gasteiger partial charge in [0.05, 0.1) is 12.4 Å². The molecule has 21 heavy (non-hydrogen) atoms. The number of nitrogens with one attached hydrogen (secondary N) is 2. The van der Waals surface area contributed by atoms with Crippen LogP contribution in [0, 0.1) is 6.92 Å². The predicted octanol–water partition coefficient (Wildman–Crippen LogP) is 3.01. The topological polar surface area (TPSA) is 79.9 Å². The number of aromatic nitrogens is 3. The number of hydrogen-bond acceptors (Lipinski definition) is 5. The van der Waals surface area contributed by atoms with Gasteiger partial charge in [-0.3, -0.25) is 10.1 Å². The molecule has 0 bridgehead atoms. The maximum absolute atomic E-state index is 11.9. The van der Waals surface area contributed by atoms with E-state index in [1.165, 1.54) is 11.8 Å². The molecular formula is C13H15BrN4O2S. The minimum atomic E-state index is -0.151. The first-order valence-electron chi connectivity index (χ1n) is 6.32. The van der Waals surface area contributed by atoms with Gasteiger partial charge in [-0.05, 0) is 37.6 Å². The summed E-state index contributed by atoms with van der Waals surface area (Å²) in [5.41, 5.74) is 1.13.